The SMILES string of the molecule is CC1Oc2ccc(C(N)CCCCNC(=O)c3ccccc3)cc2N=C1N.Cl.Cl. The summed E-state index contributed by atoms with van der Waals surface area (Å²) in [7, 11) is 0. The number of aliphatic imine (C=N–C) groups is 1. The molecule has 0 aliphatic carbocycles. The van der Waals surface area contributed by atoms with E-state index in [0.717, 1.165) is 36.3 Å². The van der Waals surface area contributed by atoms with E-state index in [2.05, 4.69) is 10.3 Å². The molecule has 2 aromatic rings. The molecule has 8 heteroatoms. The highest BCUT2D eigenvalue weighted by Gasteiger charge is 2.19. The number of benzene rings is 2. The zero-order chi connectivity index (χ0) is 19.2. The number of unbranched alkanes of at least 4 members (excludes halogenated alkanes) is 1. The zero-order valence-corrected chi connectivity index (χ0v) is 18.0. The lowest BCUT2D eigenvalue weighted by Gasteiger charge is -2.22. The van der Waals surface area contributed by atoms with Crippen LogP contribution < -0.4 is 21.5 Å². The third-order valence-corrected chi connectivity index (χ3v) is 4.64. The molecule has 2 unspecified atom stereocenters. The molecule has 1 amide bonds. The number of rotatable bonds is 7. The Hall–Kier alpha value is -2.28. The Kier molecular flexibility index (Phi) is 9.95. The summed E-state index contributed by atoms with van der Waals surface area (Å²) in [5.41, 5.74) is 14.6. The summed E-state index contributed by atoms with van der Waals surface area (Å²) >= 11 is 0. The van der Waals surface area contributed by atoms with Crippen molar-refractivity contribution in [3.8, 4) is 5.75 Å². The molecule has 0 radical (unpaired) electrons. The highest BCUT2D eigenvalue weighted by Crippen LogP contribution is 2.34. The van der Waals surface area contributed by atoms with Crippen LogP contribution in [0, 0.1) is 0 Å². The van der Waals surface area contributed by atoms with Gasteiger partial charge in [0.25, 0.3) is 5.91 Å². The monoisotopic (exact) mass is 438 g/mol. The van der Waals surface area contributed by atoms with Crippen molar-refractivity contribution in [2.45, 2.75) is 38.3 Å². The van der Waals surface area contributed by atoms with Crippen molar-refractivity contribution in [2.75, 3.05) is 6.54 Å². The largest absolute Gasteiger partial charge is 0.481 e. The van der Waals surface area contributed by atoms with Crippen molar-refractivity contribution >= 4 is 42.2 Å². The molecule has 6 nitrogen and oxygen atoms in total. The molecular formula is C21H28Cl2N4O2. The molecule has 2 atom stereocenters. The van der Waals surface area contributed by atoms with Gasteiger partial charge in [-0.25, -0.2) is 4.99 Å². The number of halogens is 2. The fraction of sp³-hybridized carbons (Fsp3) is 0.333. The second kappa shape index (κ2) is 11.7. The summed E-state index contributed by atoms with van der Waals surface area (Å²) in [5, 5.41) is 2.93. The van der Waals surface area contributed by atoms with Crippen LogP contribution in [0.25, 0.3) is 0 Å². The van der Waals surface area contributed by atoms with E-state index in [9.17, 15) is 4.79 Å². The average molecular weight is 439 g/mol. The van der Waals surface area contributed by atoms with E-state index in [1.165, 1.54) is 0 Å². The van der Waals surface area contributed by atoms with Crippen LogP contribution in [0.15, 0.2) is 53.5 Å². The Bertz CT molecular complexity index is 831. The van der Waals surface area contributed by atoms with Gasteiger partial charge in [0.15, 0.2) is 6.10 Å². The number of carbonyl (C=O) groups excluding carboxylic acids is 1. The first-order valence-corrected chi connectivity index (χ1v) is 9.28. The van der Waals surface area contributed by atoms with Crippen LogP contribution in [0.3, 0.4) is 0 Å². The number of fused-ring (bicyclic) bond motifs is 1. The quantitative estimate of drug-likeness (QED) is 0.570. The molecule has 1 heterocycles. The molecule has 29 heavy (non-hydrogen) atoms. The van der Waals surface area contributed by atoms with E-state index < -0.39 is 0 Å². The van der Waals surface area contributed by atoms with Gasteiger partial charge in [0, 0.05) is 18.2 Å². The number of hydrogen-bond acceptors (Lipinski definition) is 5. The van der Waals surface area contributed by atoms with Gasteiger partial charge < -0.3 is 21.5 Å². The third kappa shape index (κ3) is 6.63. The molecule has 0 bridgehead atoms. The standard InChI is InChI=1S/C21H26N4O2.2ClH/c1-14-20(23)25-18-13-16(10-11-19(18)27-14)17(22)9-5-6-12-24-21(26)15-7-3-2-4-8-15;;/h2-4,7-8,10-11,13-14,17H,5-6,9,12,22H2,1H3,(H2,23,25)(H,24,26);2*1H. The molecule has 2 aromatic carbocycles. The lowest BCUT2D eigenvalue weighted by Crippen LogP contribution is -2.33. The summed E-state index contributed by atoms with van der Waals surface area (Å²) in [6.45, 7) is 2.51. The van der Waals surface area contributed by atoms with Crippen molar-refractivity contribution in [1.29, 1.82) is 0 Å². The number of amides is 1. The van der Waals surface area contributed by atoms with Gasteiger partial charge in [-0.15, -0.1) is 24.8 Å². The molecule has 158 valence electrons. The highest BCUT2D eigenvalue weighted by atomic mass is 35.5. The minimum atomic E-state index is -0.205. The van der Waals surface area contributed by atoms with Crippen molar-refractivity contribution in [1.82, 2.24) is 5.32 Å². The molecule has 0 spiro atoms. The normalized spacial score (nSPS) is 15.5. The summed E-state index contributed by atoms with van der Waals surface area (Å²) in [6.07, 6.45) is 2.43. The number of ether oxygens (including phenoxy) is 1. The van der Waals surface area contributed by atoms with Crippen LogP contribution in [0.1, 0.15) is 48.1 Å². The van der Waals surface area contributed by atoms with Crippen LogP contribution >= 0.6 is 24.8 Å². The molecular weight excluding hydrogens is 411 g/mol. The number of nitrogens with two attached hydrogens (primary N) is 2. The minimum Gasteiger partial charge on any atom is -0.481 e. The molecule has 1 aliphatic rings. The van der Waals surface area contributed by atoms with E-state index in [0.29, 0.717) is 17.9 Å². The second-order valence-electron chi connectivity index (χ2n) is 6.75. The summed E-state index contributed by atoms with van der Waals surface area (Å²) in [5.74, 6) is 1.16. The lowest BCUT2D eigenvalue weighted by molar-refractivity contribution is 0.0953. The Balaban J connectivity index is 0.00000210. The molecule has 0 fully saturated rings. The van der Waals surface area contributed by atoms with Gasteiger partial charge in [0.1, 0.15) is 17.3 Å². The van der Waals surface area contributed by atoms with E-state index in [-0.39, 0.29) is 42.9 Å². The number of nitrogens with zero attached hydrogens (tertiary/aromatic N) is 1. The Morgan fingerprint density at radius 3 is 2.62 bits per heavy atom. The van der Waals surface area contributed by atoms with Crippen molar-refractivity contribution < 1.29 is 9.53 Å². The number of nitrogens with one attached hydrogen (secondary N) is 1. The Morgan fingerprint density at radius 1 is 1.17 bits per heavy atom. The predicted molar refractivity (Wildman–Crippen MR) is 122 cm³/mol. The first kappa shape index (κ1) is 24.8. The van der Waals surface area contributed by atoms with Crippen LogP contribution in [0.4, 0.5) is 5.69 Å². The first-order valence-electron chi connectivity index (χ1n) is 9.28. The van der Waals surface area contributed by atoms with Gasteiger partial charge >= 0.3 is 0 Å². The number of amidine groups is 1. The van der Waals surface area contributed by atoms with E-state index in [1.807, 2.05) is 43.3 Å². The maximum Gasteiger partial charge on any atom is 0.251 e. The minimum absolute atomic E-state index is 0. The van der Waals surface area contributed by atoms with Crippen LogP contribution in [-0.4, -0.2) is 24.4 Å². The fourth-order valence-corrected chi connectivity index (χ4v) is 2.98. The number of carbonyl (C=O) groups is 1. The Morgan fingerprint density at radius 2 is 1.90 bits per heavy atom. The van der Waals surface area contributed by atoms with Gasteiger partial charge in [0.2, 0.25) is 0 Å². The summed E-state index contributed by atoms with van der Waals surface area (Å²) in [4.78, 5) is 16.4. The molecule has 0 aromatic heterocycles. The fourth-order valence-electron chi connectivity index (χ4n) is 2.98. The first-order chi connectivity index (χ1) is 13.0. The highest BCUT2D eigenvalue weighted by molar-refractivity contribution is 5.94. The van der Waals surface area contributed by atoms with Crippen LogP contribution in [0.5, 0.6) is 5.75 Å². The molecule has 0 saturated heterocycles. The maximum atomic E-state index is 12.0. The topological polar surface area (TPSA) is 103 Å². The maximum absolute atomic E-state index is 12.0. The van der Waals surface area contributed by atoms with Gasteiger partial charge in [0.05, 0.1) is 0 Å². The average Bonchev–Trinajstić information content (AvgIpc) is 2.68. The van der Waals surface area contributed by atoms with E-state index in [1.54, 1.807) is 12.1 Å². The molecule has 5 N–H and O–H groups in total. The second-order valence-corrected chi connectivity index (χ2v) is 6.75. The third-order valence-electron chi connectivity index (χ3n) is 4.64. The number of hydrogen-bond donors (Lipinski definition) is 3. The molecule has 0 saturated carbocycles. The van der Waals surface area contributed by atoms with Crippen molar-refractivity contribution in [3.63, 3.8) is 0 Å². The summed E-state index contributed by atoms with van der Waals surface area (Å²) < 4.78 is 5.71. The van der Waals surface area contributed by atoms with Gasteiger partial charge in [-0.3, -0.25) is 4.79 Å². The smallest absolute Gasteiger partial charge is 0.251 e. The van der Waals surface area contributed by atoms with Gasteiger partial charge in [-0.1, -0.05) is 24.3 Å². The van der Waals surface area contributed by atoms with Gasteiger partial charge in [-0.2, -0.15) is 0 Å². The van der Waals surface area contributed by atoms with Crippen LogP contribution in [-0.2, 0) is 0 Å². The van der Waals surface area contributed by atoms with Crippen molar-refractivity contribution in [3.05, 3.63) is 59.7 Å². The van der Waals surface area contributed by atoms with Crippen molar-refractivity contribution in [2.24, 2.45) is 16.5 Å². The zero-order valence-electron chi connectivity index (χ0n) is 16.3. The van der Waals surface area contributed by atoms with Crippen LogP contribution in [0.2, 0.25) is 0 Å². The Labute approximate surface area is 183 Å². The van der Waals surface area contributed by atoms with Gasteiger partial charge in [-0.05, 0) is 56.0 Å². The van der Waals surface area contributed by atoms with E-state index in [4.69, 9.17) is 16.2 Å². The molecule has 3 rings (SSSR count). The summed E-state index contributed by atoms with van der Waals surface area (Å²) in [6, 6.07) is 15.0. The lowest BCUT2D eigenvalue weighted by atomic mass is 10.0. The van der Waals surface area contributed by atoms with E-state index >= 15 is 0 Å². The predicted octanol–water partition coefficient (Wildman–Crippen LogP) is 3.90. The molecule has 1 aliphatic heterocycles.